The van der Waals surface area contributed by atoms with Crippen molar-refractivity contribution < 1.29 is 28.5 Å². The normalized spacial score (nSPS) is 32.7. The Hall–Kier alpha value is -3.21. The first kappa shape index (κ1) is 39.9. The topological polar surface area (TPSA) is 71.1 Å². The fourth-order valence-corrected chi connectivity index (χ4v) is 19.0. The Balaban J connectivity index is 0.878. The molecule has 8 saturated carbocycles. The van der Waals surface area contributed by atoms with Crippen LogP contribution in [0.25, 0.3) is 22.3 Å². The van der Waals surface area contributed by atoms with Crippen molar-refractivity contribution >= 4 is 53.0 Å². The molecule has 4 aromatic carbocycles. The Kier molecular flexibility index (Phi) is 10.6. The monoisotopic (exact) mass is 950 g/mol. The van der Waals surface area contributed by atoms with Gasteiger partial charge in [-0.05, 0) is 12.8 Å². The molecule has 8 bridgehead atoms. The molecule has 0 unspecified atom stereocenters. The summed E-state index contributed by atoms with van der Waals surface area (Å²) in [6, 6.07) is 31.6. The van der Waals surface area contributed by atoms with Crippen molar-refractivity contribution in [2.75, 3.05) is 13.2 Å². The van der Waals surface area contributed by atoms with E-state index < -0.39 is 27.1 Å². The number of rotatable bonds is 12. The van der Waals surface area contributed by atoms with Crippen molar-refractivity contribution in [2.45, 2.75) is 89.3 Å². The fraction of sp³-hybridized carbons (Fsp3) is 0.480. The molecule has 310 valence electrons. The van der Waals surface area contributed by atoms with Crippen molar-refractivity contribution in [2.24, 2.45) is 47.3 Å². The van der Waals surface area contributed by atoms with Crippen molar-refractivity contribution in [1.29, 1.82) is 0 Å². The van der Waals surface area contributed by atoms with E-state index in [9.17, 15) is 9.59 Å². The van der Waals surface area contributed by atoms with E-state index in [0.717, 1.165) is 53.1 Å². The van der Waals surface area contributed by atoms with Crippen LogP contribution in [-0.4, -0.2) is 52.3 Å². The number of ether oxygens (including phenoxy) is 4. The first-order valence-corrected chi connectivity index (χ1v) is 30.0. The van der Waals surface area contributed by atoms with E-state index in [0.29, 0.717) is 35.2 Å². The second-order valence-corrected chi connectivity index (χ2v) is 31.7. The molecule has 0 saturated heterocycles. The average Bonchev–Trinajstić information content (AvgIpc) is 3.23. The number of halogens is 2. The van der Waals surface area contributed by atoms with Gasteiger partial charge in [0.25, 0.3) is 0 Å². The Bertz CT molecular complexity index is 2010. The van der Waals surface area contributed by atoms with Crippen molar-refractivity contribution in [3.63, 3.8) is 0 Å². The third-order valence-electron chi connectivity index (χ3n) is 15.5. The molecule has 0 aromatic heterocycles. The van der Waals surface area contributed by atoms with Crippen molar-refractivity contribution in [1.82, 2.24) is 0 Å². The predicted molar refractivity (Wildman–Crippen MR) is 235 cm³/mol. The molecule has 0 N–H and O–H groups in total. The van der Waals surface area contributed by atoms with Gasteiger partial charge in [-0.15, -0.1) is 0 Å². The summed E-state index contributed by atoms with van der Waals surface area (Å²) in [6.45, 7) is 3.97. The van der Waals surface area contributed by atoms with Gasteiger partial charge in [0.2, 0.25) is 0 Å². The van der Waals surface area contributed by atoms with Gasteiger partial charge in [0.1, 0.15) is 0 Å². The van der Waals surface area contributed by atoms with Crippen LogP contribution < -0.4 is 16.7 Å². The van der Waals surface area contributed by atoms with Gasteiger partial charge in [0.05, 0.1) is 0 Å². The number of esters is 2. The summed E-state index contributed by atoms with van der Waals surface area (Å²) in [4.78, 5) is 26.9. The van der Waals surface area contributed by atoms with Gasteiger partial charge in [0.15, 0.2) is 0 Å². The maximum atomic E-state index is 13.5. The zero-order valence-corrected chi connectivity index (χ0v) is 37.8. The molecule has 0 amide bonds. The average molecular weight is 949 g/mol. The molecular weight excluding hydrogens is 895 g/mol. The van der Waals surface area contributed by atoms with E-state index in [1.165, 1.54) is 64.2 Å². The summed E-state index contributed by atoms with van der Waals surface area (Å²) in [6.07, 6.45) is 12.0. The maximum absolute atomic E-state index is 13.5. The van der Waals surface area contributed by atoms with E-state index >= 15 is 0 Å². The summed E-state index contributed by atoms with van der Waals surface area (Å²) < 4.78 is 26.9. The molecule has 6 nitrogen and oxygen atoms in total. The van der Waals surface area contributed by atoms with E-state index in [4.69, 9.17) is 36.9 Å². The van der Waals surface area contributed by atoms with E-state index in [1.807, 2.05) is 97.1 Å². The number of hydrogen-bond donors (Lipinski definition) is 0. The third-order valence-corrected chi connectivity index (χ3v) is 25.2. The Labute approximate surface area is 359 Å². The second-order valence-electron chi connectivity index (χ2n) is 19.0. The van der Waals surface area contributed by atoms with Crippen LogP contribution in [0, 0.1) is 47.3 Å². The van der Waals surface area contributed by atoms with Crippen LogP contribution in [0.3, 0.4) is 0 Å². The van der Waals surface area contributed by atoms with E-state index in [1.54, 1.807) is 0 Å². The molecular formula is C50H54Cl2O6Te. The minimum atomic E-state index is -4.08. The summed E-state index contributed by atoms with van der Waals surface area (Å²) in [7, 11) is 15.1. The summed E-state index contributed by atoms with van der Waals surface area (Å²) in [5, 5.41) is 0. The number of carbonyl (C=O) groups is 2. The molecule has 0 atom stereocenters. The molecule has 59 heavy (non-hydrogen) atoms. The van der Waals surface area contributed by atoms with Crippen LogP contribution in [0.2, 0.25) is 0 Å². The third kappa shape index (κ3) is 7.49. The zero-order valence-electron chi connectivity index (χ0n) is 34.0. The van der Waals surface area contributed by atoms with Gasteiger partial charge >= 0.3 is 349 Å². The van der Waals surface area contributed by atoms with Gasteiger partial charge < -0.3 is 0 Å². The predicted octanol–water partition coefficient (Wildman–Crippen LogP) is 10.3. The van der Waals surface area contributed by atoms with Crippen LogP contribution >= 0.6 is 17.9 Å². The number of benzene rings is 4. The minimum absolute atomic E-state index is 0.174. The number of hydrogen-bond acceptors (Lipinski definition) is 6. The second kappa shape index (κ2) is 15.6. The van der Waals surface area contributed by atoms with E-state index in [2.05, 4.69) is 13.8 Å². The summed E-state index contributed by atoms with van der Waals surface area (Å²) >= 11 is -4.08. The van der Waals surface area contributed by atoms with Gasteiger partial charge in [-0.1, -0.05) is 0 Å². The van der Waals surface area contributed by atoms with Crippen LogP contribution in [-0.2, 0) is 19.1 Å². The van der Waals surface area contributed by atoms with Crippen LogP contribution in [0.4, 0.5) is 0 Å². The molecule has 12 rings (SSSR count). The Morgan fingerprint density at radius 3 is 1.20 bits per heavy atom. The fourth-order valence-electron chi connectivity index (χ4n) is 12.8. The quantitative estimate of drug-likeness (QED) is 0.104. The molecule has 4 aromatic rings. The standard InChI is InChI=1S/C50H54Cl2O6Te/c1-49(37-19-31-17-32(21-37)22-38(49)20-31)57-47(53)29-55-45-15-13-41(27-43(45)35-9-5-3-6-10-35)59(51,52)42-14-16-46(44(28-42)36-11-7-4-8-12-36)56-30-48(54)58-50(2)39-23-33-18-34(25-39)26-40(50)24-33/h3-16,27-28,31-34,37-40H,17-26,29-30H2,1-2H3. The van der Waals surface area contributed by atoms with Gasteiger partial charge in [-0.25, -0.2) is 0 Å². The molecule has 9 heteroatoms. The zero-order chi connectivity index (χ0) is 40.5. The van der Waals surface area contributed by atoms with Crippen molar-refractivity contribution in [3.05, 3.63) is 97.1 Å². The van der Waals surface area contributed by atoms with Crippen LogP contribution in [0.15, 0.2) is 97.1 Å². The molecule has 8 fully saturated rings. The molecule has 0 spiro atoms. The van der Waals surface area contributed by atoms with Crippen LogP contribution in [0.5, 0.6) is 11.5 Å². The SMILES string of the molecule is CC1(OC(=O)COc2ccc([Te](Cl)(Cl)c3ccc(OCC(=O)OC4(C)C5CC6CC(C5)CC4C6)c(-c4ccccc4)c3)cc2-c2ccccc2)C2CC3CC(C2)CC1C3. The van der Waals surface area contributed by atoms with Gasteiger partial charge in [0, 0.05) is 0 Å². The Morgan fingerprint density at radius 1 is 0.525 bits per heavy atom. The first-order chi connectivity index (χ1) is 28.4. The summed E-state index contributed by atoms with van der Waals surface area (Å²) in [5.74, 6) is 5.42. The first-order valence-electron chi connectivity index (χ1n) is 21.8. The molecule has 8 aliphatic rings. The van der Waals surface area contributed by atoms with Gasteiger partial charge in [-0.3, -0.25) is 0 Å². The molecule has 0 radical (unpaired) electrons. The molecule has 8 aliphatic carbocycles. The Morgan fingerprint density at radius 2 is 0.864 bits per heavy atom. The van der Waals surface area contributed by atoms with Gasteiger partial charge in [-0.2, -0.15) is 0 Å². The van der Waals surface area contributed by atoms with Crippen LogP contribution in [0.1, 0.15) is 78.1 Å². The van der Waals surface area contributed by atoms with E-state index in [-0.39, 0.29) is 25.2 Å². The summed E-state index contributed by atoms with van der Waals surface area (Å²) in [5.41, 5.74) is 2.65. The number of carbonyl (C=O) groups excluding carboxylic acids is 2. The molecule has 0 heterocycles. The molecule has 0 aliphatic heterocycles. The van der Waals surface area contributed by atoms with Crippen molar-refractivity contribution in [3.8, 4) is 33.8 Å².